The van der Waals surface area contributed by atoms with E-state index in [1.165, 1.54) is 5.56 Å². The van der Waals surface area contributed by atoms with Gasteiger partial charge in [-0.25, -0.2) is 0 Å². The molecular formula is C16H22N2O2. The molecule has 108 valence electrons. The van der Waals surface area contributed by atoms with E-state index in [1.54, 1.807) is 0 Å². The van der Waals surface area contributed by atoms with E-state index in [-0.39, 0.29) is 18.1 Å². The Bertz CT molecular complexity index is 457. The molecule has 2 aliphatic heterocycles. The van der Waals surface area contributed by atoms with Crippen molar-refractivity contribution in [1.82, 2.24) is 9.80 Å². The van der Waals surface area contributed by atoms with Crippen LogP contribution in [0.4, 0.5) is 0 Å². The average Bonchev–Trinajstić information content (AvgIpc) is 3.02. The van der Waals surface area contributed by atoms with E-state index in [2.05, 4.69) is 24.1 Å². The van der Waals surface area contributed by atoms with E-state index in [0.717, 1.165) is 39.1 Å². The highest BCUT2D eigenvalue weighted by atomic mass is 16.5. The first-order chi connectivity index (χ1) is 9.75. The van der Waals surface area contributed by atoms with Gasteiger partial charge in [-0.05, 0) is 25.5 Å². The van der Waals surface area contributed by atoms with Crippen LogP contribution in [0.3, 0.4) is 0 Å². The highest BCUT2D eigenvalue weighted by Crippen LogP contribution is 2.27. The summed E-state index contributed by atoms with van der Waals surface area (Å²) in [5, 5.41) is 0. The maximum atomic E-state index is 12.7. The van der Waals surface area contributed by atoms with Crippen molar-refractivity contribution in [1.29, 1.82) is 0 Å². The van der Waals surface area contributed by atoms with E-state index >= 15 is 0 Å². The zero-order valence-corrected chi connectivity index (χ0v) is 12.0. The molecule has 2 fully saturated rings. The number of hydrogen-bond acceptors (Lipinski definition) is 3. The first kappa shape index (κ1) is 13.6. The summed E-state index contributed by atoms with van der Waals surface area (Å²) in [5.41, 5.74) is 1.21. The van der Waals surface area contributed by atoms with Gasteiger partial charge in [-0.15, -0.1) is 0 Å². The summed E-state index contributed by atoms with van der Waals surface area (Å²) in [6.07, 6.45) is 1.65. The number of carbonyl (C=O) groups excluding carboxylic acids is 1. The summed E-state index contributed by atoms with van der Waals surface area (Å²) < 4.78 is 5.57. The molecule has 4 nitrogen and oxygen atoms in total. The van der Waals surface area contributed by atoms with Crippen LogP contribution in [-0.4, -0.2) is 55.1 Å². The van der Waals surface area contributed by atoms with Gasteiger partial charge in [-0.2, -0.15) is 0 Å². The predicted octanol–water partition coefficient (Wildman–Crippen LogP) is 1.68. The summed E-state index contributed by atoms with van der Waals surface area (Å²) >= 11 is 0. The number of ether oxygens (including phenoxy) is 1. The number of carbonyl (C=O) groups is 1. The number of amides is 1. The van der Waals surface area contributed by atoms with Gasteiger partial charge in [0.2, 0.25) is 0 Å². The van der Waals surface area contributed by atoms with Crippen LogP contribution in [0.5, 0.6) is 0 Å². The first-order valence-electron chi connectivity index (χ1n) is 7.41. The second kappa shape index (κ2) is 5.94. The largest absolute Gasteiger partial charge is 0.368 e. The molecule has 0 N–H and O–H groups in total. The number of hydrogen-bond donors (Lipinski definition) is 0. The van der Waals surface area contributed by atoms with Gasteiger partial charge < -0.3 is 14.5 Å². The summed E-state index contributed by atoms with van der Waals surface area (Å²) in [5.74, 6) is 0.171. The summed E-state index contributed by atoms with van der Waals surface area (Å²) in [4.78, 5) is 17.0. The van der Waals surface area contributed by atoms with Gasteiger partial charge >= 0.3 is 0 Å². The molecule has 2 aliphatic rings. The number of benzene rings is 1. The van der Waals surface area contributed by atoms with Crippen molar-refractivity contribution in [2.45, 2.75) is 25.0 Å². The minimum absolute atomic E-state index is 0.145. The zero-order valence-electron chi connectivity index (χ0n) is 12.0. The minimum atomic E-state index is -0.218. The maximum absolute atomic E-state index is 12.7. The van der Waals surface area contributed by atoms with Crippen LogP contribution in [0.1, 0.15) is 24.4 Å². The van der Waals surface area contributed by atoms with Crippen molar-refractivity contribution in [3.63, 3.8) is 0 Å². The van der Waals surface area contributed by atoms with Crippen molar-refractivity contribution in [3.05, 3.63) is 35.9 Å². The van der Waals surface area contributed by atoms with Gasteiger partial charge in [0.25, 0.3) is 5.91 Å². The van der Waals surface area contributed by atoms with Gasteiger partial charge in [0, 0.05) is 26.2 Å². The lowest BCUT2D eigenvalue weighted by Crippen LogP contribution is -2.52. The fourth-order valence-electron chi connectivity index (χ4n) is 3.10. The van der Waals surface area contributed by atoms with E-state index in [4.69, 9.17) is 4.74 Å². The monoisotopic (exact) mass is 274 g/mol. The van der Waals surface area contributed by atoms with E-state index in [1.807, 2.05) is 23.1 Å². The molecule has 0 spiro atoms. The van der Waals surface area contributed by atoms with E-state index < -0.39 is 0 Å². The molecule has 0 bridgehead atoms. The minimum Gasteiger partial charge on any atom is -0.368 e. The van der Waals surface area contributed by atoms with Gasteiger partial charge in [-0.1, -0.05) is 30.3 Å². The van der Waals surface area contributed by atoms with Crippen molar-refractivity contribution >= 4 is 5.91 Å². The number of nitrogens with zero attached hydrogens (tertiary/aromatic N) is 2. The Balaban J connectivity index is 1.81. The molecule has 20 heavy (non-hydrogen) atoms. The van der Waals surface area contributed by atoms with Crippen LogP contribution in [0.25, 0.3) is 0 Å². The van der Waals surface area contributed by atoms with Crippen LogP contribution in [0, 0.1) is 0 Å². The van der Waals surface area contributed by atoms with E-state index in [0.29, 0.717) is 0 Å². The summed E-state index contributed by atoms with van der Waals surface area (Å²) in [6, 6.07) is 10.5. The van der Waals surface area contributed by atoms with Gasteiger partial charge in [0.15, 0.2) is 0 Å². The molecule has 0 unspecified atom stereocenters. The fraction of sp³-hybridized carbons (Fsp3) is 0.562. The first-order valence-corrected chi connectivity index (χ1v) is 7.41. The fourth-order valence-corrected chi connectivity index (χ4v) is 3.10. The lowest BCUT2D eigenvalue weighted by Gasteiger charge is -2.41. The Morgan fingerprint density at radius 3 is 2.75 bits per heavy atom. The lowest BCUT2D eigenvalue weighted by atomic mass is 10.0. The predicted molar refractivity (Wildman–Crippen MR) is 77.4 cm³/mol. The molecule has 1 aromatic rings. The topological polar surface area (TPSA) is 32.8 Å². The molecular weight excluding hydrogens is 252 g/mol. The van der Waals surface area contributed by atoms with Crippen LogP contribution in [0.15, 0.2) is 30.3 Å². The Morgan fingerprint density at radius 1 is 1.25 bits per heavy atom. The normalized spacial score (nSPS) is 27.8. The van der Waals surface area contributed by atoms with Gasteiger partial charge in [-0.3, -0.25) is 4.79 Å². The molecule has 2 saturated heterocycles. The molecule has 2 atom stereocenters. The highest BCUT2D eigenvalue weighted by Gasteiger charge is 2.35. The second-order valence-corrected chi connectivity index (χ2v) is 5.72. The van der Waals surface area contributed by atoms with Gasteiger partial charge in [0.1, 0.15) is 6.10 Å². The third kappa shape index (κ3) is 2.72. The van der Waals surface area contributed by atoms with Crippen LogP contribution in [0.2, 0.25) is 0 Å². The van der Waals surface area contributed by atoms with Gasteiger partial charge in [0.05, 0.1) is 6.04 Å². The highest BCUT2D eigenvalue weighted by molar-refractivity contribution is 5.81. The second-order valence-electron chi connectivity index (χ2n) is 5.72. The quantitative estimate of drug-likeness (QED) is 0.822. The number of rotatable bonds is 2. The van der Waals surface area contributed by atoms with Crippen LogP contribution >= 0.6 is 0 Å². The number of likely N-dealkylation sites (N-methyl/N-ethyl adjacent to an activating group) is 1. The standard InChI is InChI=1S/C16H22N2O2/c1-17-9-10-18(16(19)15-8-5-11-20-15)14(12-17)13-6-3-2-4-7-13/h2-4,6-7,14-15H,5,8-12H2,1H3/t14-,15-/m1/s1. The molecule has 3 rings (SSSR count). The van der Waals surface area contributed by atoms with E-state index in [9.17, 15) is 4.79 Å². The Hall–Kier alpha value is -1.39. The van der Waals surface area contributed by atoms with Crippen molar-refractivity contribution in [3.8, 4) is 0 Å². The average molecular weight is 274 g/mol. The Kier molecular flexibility index (Phi) is 4.03. The Morgan fingerprint density at radius 2 is 2.05 bits per heavy atom. The molecule has 1 amide bonds. The third-order valence-corrected chi connectivity index (χ3v) is 4.26. The Labute approximate surface area is 120 Å². The van der Waals surface area contributed by atoms with Crippen molar-refractivity contribution in [2.75, 3.05) is 33.3 Å². The van der Waals surface area contributed by atoms with Crippen molar-refractivity contribution < 1.29 is 9.53 Å². The van der Waals surface area contributed by atoms with Crippen LogP contribution in [-0.2, 0) is 9.53 Å². The lowest BCUT2D eigenvalue weighted by molar-refractivity contribution is -0.146. The smallest absolute Gasteiger partial charge is 0.252 e. The zero-order chi connectivity index (χ0) is 13.9. The molecule has 0 radical (unpaired) electrons. The van der Waals surface area contributed by atoms with Crippen LogP contribution < -0.4 is 0 Å². The molecule has 0 aliphatic carbocycles. The third-order valence-electron chi connectivity index (χ3n) is 4.26. The molecule has 0 saturated carbocycles. The number of piperazine rings is 1. The van der Waals surface area contributed by atoms with Crippen molar-refractivity contribution in [2.24, 2.45) is 0 Å². The molecule has 0 aromatic heterocycles. The SMILES string of the molecule is CN1CCN(C(=O)[C@H]2CCCO2)[C@@H](c2ccccc2)C1. The molecule has 1 aromatic carbocycles. The summed E-state index contributed by atoms with van der Waals surface area (Å²) in [7, 11) is 2.11. The molecule has 4 heteroatoms. The molecule has 2 heterocycles. The summed E-state index contributed by atoms with van der Waals surface area (Å²) in [6.45, 7) is 3.33. The maximum Gasteiger partial charge on any atom is 0.252 e.